The molecule has 3 rings (SSSR count). The molecule has 1 aliphatic rings. The number of carbonyl (C=O) groups excluding carboxylic acids is 2. The minimum Gasteiger partial charge on any atom is -0.465 e. The normalized spacial score (nSPS) is 19.0. The third kappa shape index (κ3) is 4.45. The fourth-order valence-electron chi connectivity index (χ4n) is 3.22. The Morgan fingerprint density at radius 1 is 1.19 bits per heavy atom. The smallest absolute Gasteiger partial charge is 0.339 e. The zero-order valence-electron chi connectivity index (χ0n) is 15.7. The van der Waals surface area contributed by atoms with E-state index in [1.165, 1.54) is 13.3 Å². The van der Waals surface area contributed by atoms with E-state index < -0.39 is 11.4 Å². The number of esters is 2. The Morgan fingerprint density at radius 3 is 2.63 bits per heavy atom. The highest BCUT2D eigenvalue weighted by molar-refractivity contribution is 5.89. The van der Waals surface area contributed by atoms with Crippen LogP contribution in [-0.2, 0) is 20.7 Å². The van der Waals surface area contributed by atoms with Crippen molar-refractivity contribution in [2.45, 2.75) is 19.8 Å². The molecule has 1 atom stereocenters. The van der Waals surface area contributed by atoms with Gasteiger partial charge in [-0.1, -0.05) is 30.3 Å². The van der Waals surface area contributed by atoms with Gasteiger partial charge in [0, 0.05) is 25.7 Å². The zero-order chi connectivity index (χ0) is 19.3. The van der Waals surface area contributed by atoms with Gasteiger partial charge in [-0.2, -0.15) is 0 Å². The van der Waals surface area contributed by atoms with Crippen LogP contribution in [0.15, 0.2) is 48.7 Å². The molecule has 2 aromatic rings. The third-order valence-electron chi connectivity index (χ3n) is 4.93. The largest absolute Gasteiger partial charge is 0.465 e. The summed E-state index contributed by atoms with van der Waals surface area (Å²) in [6.07, 6.45) is 2.91. The van der Waals surface area contributed by atoms with Crippen LogP contribution >= 0.6 is 0 Å². The van der Waals surface area contributed by atoms with Crippen molar-refractivity contribution in [3.8, 4) is 0 Å². The van der Waals surface area contributed by atoms with Crippen LogP contribution in [0.4, 0.5) is 5.82 Å². The maximum Gasteiger partial charge on any atom is 0.339 e. The summed E-state index contributed by atoms with van der Waals surface area (Å²) < 4.78 is 10.2. The molecular formula is C21H24N2O4. The number of carbonyl (C=O) groups is 2. The van der Waals surface area contributed by atoms with E-state index in [0.717, 1.165) is 17.9 Å². The number of methoxy groups -OCH3 is 1. The average Bonchev–Trinajstić information content (AvgIpc) is 3.12. The Balaban J connectivity index is 1.55. The summed E-state index contributed by atoms with van der Waals surface area (Å²) in [5.41, 5.74) is 1.00. The zero-order valence-corrected chi connectivity index (χ0v) is 15.7. The molecule has 6 nitrogen and oxygen atoms in total. The molecule has 1 unspecified atom stereocenters. The molecule has 0 amide bonds. The summed E-state index contributed by atoms with van der Waals surface area (Å²) in [7, 11) is 1.34. The fourth-order valence-corrected chi connectivity index (χ4v) is 3.22. The highest BCUT2D eigenvalue weighted by atomic mass is 16.5. The van der Waals surface area contributed by atoms with Gasteiger partial charge in [-0.05, 0) is 31.0 Å². The van der Waals surface area contributed by atoms with E-state index in [9.17, 15) is 9.59 Å². The SMILES string of the molecule is COC(=O)c1ccc(N2CCC(C)(C(=O)OCCc3ccccc3)C2)nc1. The molecule has 1 fully saturated rings. The molecule has 0 saturated carbocycles. The first kappa shape index (κ1) is 18.9. The molecule has 1 aliphatic heterocycles. The molecule has 1 aromatic carbocycles. The topological polar surface area (TPSA) is 68.7 Å². The van der Waals surface area contributed by atoms with E-state index in [1.807, 2.05) is 42.2 Å². The van der Waals surface area contributed by atoms with Crippen molar-refractivity contribution in [3.05, 3.63) is 59.8 Å². The van der Waals surface area contributed by atoms with Crippen molar-refractivity contribution in [3.63, 3.8) is 0 Å². The molecule has 0 aliphatic carbocycles. The summed E-state index contributed by atoms with van der Waals surface area (Å²) in [6.45, 7) is 3.57. The van der Waals surface area contributed by atoms with Crippen LogP contribution in [0.2, 0.25) is 0 Å². The quantitative estimate of drug-likeness (QED) is 0.731. The van der Waals surface area contributed by atoms with Crippen LogP contribution in [0, 0.1) is 5.41 Å². The Kier molecular flexibility index (Phi) is 5.74. The van der Waals surface area contributed by atoms with E-state index in [4.69, 9.17) is 4.74 Å². The number of benzene rings is 1. The summed E-state index contributed by atoms with van der Waals surface area (Å²) in [5, 5.41) is 0. The second-order valence-corrected chi connectivity index (χ2v) is 7.00. The Labute approximate surface area is 159 Å². The maximum absolute atomic E-state index is 12.6. The number of hydrogen-bond donors (Lipinski definition) is 0. The van der Waals surface area contributed by atoms with Crippen molar-refractivity contribution in [2.24, 2.45) is 5.41 Å². The van der Waals surface area contributed by atoms with Crippen LogP contribution in [0.25, 0.3) is 0 Å². The molecule has 1 saturated heterocycles. The van der Waals surface area contributed by atoms with Gasteiger partial charge in [0.05, 0.1) is 24.7 Å². The third-order valence-corrected chi connectivity index (χ3v) is 4.93. The van der Waals surface area contributed by atoms with E-state index in [2.05, 4.69) is 9.72 Å². The molecule has 0 spiro atoms. The number of anilines is 1. The van der Waals surface area contributed by atoms with Crippen LogP contribution in [0.1, 0.15) is 29.3 Å². The fraction of sp³-hybridized carbons (Fsp3) is 0.381. The molecule has 2 heterocycles. The minimum atomic E-state index is -0.556. The Morgan fingerprint density at radius 2 is 1.96 bits per heavy atom. The van der Waals surface area contributed by atoms with Gasteiger partial charge >= 0.3 is 11.9 Å². The lowest BCUT2D eigenvalue weighted by Crippen LogP contribution is -2.34. The molecule has 6 heteroatoms. The van der Waals surface area contributed by atoms with Crippen molar-refractivity contribution in [1.29, 1.82) is 0 Å². The number of nitrogens with zero attached hydrogens (tertiary/aromatic N) is 2. The van der Waals surface area contributed by atoms with Crippen LogP contribution in [0.3, 0.4) is 0 Å². The van der Waals surface area contributed by atoms with E-state index in [1.54, 1.807) is 12.1 Å². The number of ether oxygens (including phenoxy) is 2. The molecular weight excluding hydrogens is 344 g/mol. The standard InChI is InChI=1S/C21H24N2O4/c1-21(20(25)27-13-10-16-6-4-3-5-7-16)11-12-23(15-21)18-9-8-17(14-22-18)19(24)26-2/h3-9,14H,10-13,15H2,1-2H3. The highest BCUT2D eigenvalue weighted by Gasteiger charge is 2.42. The summed E-state index contributed by atoms with van der Waals surface area (Å²) in [6, 6.07) is 13.4. The van der Waals surface area contributed by atoms with Gasteiger partial charge in [-0.3, -0.25) is 4.79 Å². The van der Waals surface area contributed by atoms with Crippen molar-refractivity contribution in [2.75, 3.05) is 31.7 Å². The van der Waals surface area contributed by atoms with Crippen molar-refractivity contribution < 1.29 is 19.1 Å². The average molecular weight is 368 g/mol. The lowest BCUT2D eigenvalue weighted by atomic mass is 9.90. The van der Waals surface area contributed by atoms with Crippen molar-refractivity contribution >= 4 is 17.8 Å². The van der Waals surface area contributed by atoms with Crippen LogP contribution in [-0.4, -0.2) is 43.7 Å². The molecule has 0 bridgehead atoms. The molecule has 0 N–H and O–H groups in total. The minimum absolute atomic E-state index is 0.174. The first-order valence-electron chi connectivity index (χ1n) is 9.02. The first-order valence-corrected chi connectivity index (χ1v) is 9.02. The summed E-state index contributed by atoms with van der Waals surface area (Å²) in [4.78, 5) is 30.5. The van der Waals surface area contributed by atoms with Crippen molar-refractivity contribution in [1.82, 2.24) is 4.98 Å². The van der Waals surface area contributed by atoms with Gasteiger partial charge in [-0.15, -0.1) is 0 Å². The lowest BCUT2D eigenvalue weighted by Gasteiger charge is -2.23. The van der Waals surface area contributed by atoms with Gasteiger partial charge in [-0.25, -0.2) is 9.78 Å². The number of rotatable bonds is 6. The summed E-state index contributed by atoms with van der Waals surface area (Å²) >= 11 is 0. The van der Waals surface area contributed by atoms with Crippen LogP contribution < -0.4 is 4.90 Å². The van der Waals surface area contributed by atoms with Crippen LogP contribution in [0.5, 0.6) is 0 Å². The summed E-state index contributed by atoms with van der Waals surface area (Å²) in [5.74, 6) is 0.151. The Bertz CT molecular complexity index is 792. The Hall–Kier alpha value is -2.89. The number of pyridine rings is 1. The predicted octanol–water partition coefficient (Wildman–Crippen LogP) is 2.87. The van der Waals surface area contributed by atoms with E-state index in [-0.39, 0.29) is 5.97 Å². The second-order valence-electron chi connectivity index (χ2n) is 7.00. The van der Waals surface area contributed by atoms with Gasteiger partial charge in [0.15, 0.2) is 0 Å². The molecule has 142 valence electrons. The van der Waals surface area contributed by atoms with Gasteiger partial charge < -0.3 is 14.4 Å². The molecule has 27 heavy (non-hydrogen) atoms. The monoisotopic (exact) mass is 368 g/mol. The molecule has 1 aromatic heterocycles. The number of aromatic nitrogens is 1. The van der Waals surface area contributed by atoms with Gasteiger partial charge in [0.2, 0.25) is 0 Å². The predicted molar refractivity (Wildman–Crippen MR) is 102 cm³/mol. The van der Waals surface area contributed by atoms with Gasteiger partial charge in [0.25, 0.3) is 0 Å². The highest BCUT2D eigenvalue weighted by Crippen LogP contribution is 2.33. The van der Waals surface area contributed by atoms with E-state index >= 15 is 0 Å². The van der Waals surface area contributed by atoms with Gasteiger partial charge in [0.1, 0.15) is 5.82 Å². The molecule has 0 radical (unpaired) electrons. The first-order chi connectivity index (χ1) is 13.0. The second kappa shape index (κ2) is 8.20. The number of hydrogen-bond acceptors (Lipinski definition) is 6. The maximum atomic E-state index is 12.6. The van der Waals surface area contributed by atoms with E-state index in [0.29, 0.717) is 31.6 Å². The lowest BCUT2D eigenvalue weighted by molar-refractivity contribution is -0.153.